The van der Waals surface area contributed by atoms with Crippen LogP contribution in [0.2, 0.25) is 5.02 Å². The van der Waals surface area contributed by atoms with Crippen molar-refractivity contribution in [3.63, 3.8) is 0 Å². The molecule has 1 unspecified atom stereocenters. The van der Waals surface area contributed by atoms with Gasteiger partial charge >= 0.3 is 0 Å². The Morgan fingerprint density at radius 1 is 0.984 bits per heavy atom. The lowest BCUT2D eigenvalue weighted by Crippen LogP contribution is -2.54. The Hall–Kier alpha value is -6.51. The Balaban J connectivity index is 0.804. The molecule has 2 atom stereocenters. The zero-order valence-corrected chi connectivity index (χ0v) is 36.4. The van der Waals surface area contributed by atoms with Gasteiger partial charge in [-0.25, -0.2) is 15.0 Å². The molecule has 4 aromatic rings. The maximum atomic E-state index is 15.4. The lowest BCUT2D eigenvalue weighted by Gasteiger charge is -2.43. The second-order valence-electron chi connectivity index (χ2n) is 17.0. The molecule has 2 saturated heterocycles. The van der Waals surface area contributed by atoms with Gasteiger partial charge in [-0.3, -0.25) is 39.1 Å². The highest BCUT2D eigenvalue weighted by molar-refractivity contribution is 6.32. The van der Waals surface area contributed by atoms with Gasteiger partial charge in [-0.2, -0.15) is 9.65 Å². The maximum Gasteiger partial charge on any atom is 0.261 e. The highest BCUT2D eigenvalue weighted by atomic mass is 35.5. The number of anilines is 4. The van der Waals surface area contributed by atoms with Crippen LogP contribution in [0.4, 0.5) is 27.4 Å². The number of carbonyl (C=O) groups excluding carboxylic acids is 5. The standard InChI is InChI=1S/C46H49ClFN11O5/c1-27-3-9-32(19-36(27)46(64)59(26-60)39-12-14-41(61)55-45(39)63)58-18-17-56(28(2)22-58)23-29-4-7-31(8-5-29)52-44(62)35-11-13-40(53-42(35)48)54-43-34-15-16-57(24-38(34)50-25-51-43)33-10-6-30(21-49)37(47)20-33/h3,6,9-11,13,19-20,25-26,28-29,31,39H,4-5,7-8,12,14-18,22-24H2,1-2H3,(H,52,62)(H,55,61,63)(H,50,51,53,54)/t28-,29?,31?,39?/m0/s1. The molecule has 5 heterocycles. The molecular weight excluding hydrogens is 841 g/mol. The molecule has 2 aromatic heterocycles. The predicted molar refractivity (Wildman–Crippen MR) is 236 cm³/mol. The fourth-order valence-corrected chi connectivity index (χ4v) is 9.46. The average molecular weight is 890 g/mol. The number of aryl methyl sites for hydroxylation is 1. The number of hydrogen-bond donors (Lipinski definition) is 3. The van der Waals surface area contributed by atoms with E-state index in [1.54, 1.807) is 31.2 Å². The predicted octanol–water partition coefficient (Wildman–Crippen LogP) is 5.05. The number of pyridine rings is 1. The molecule has 16 nitrogen and oxygen atoms in total. The molecule has 1 saturated carbocycles. The zero-order chi connectivity index (χ0) is 45.1. The van der Waals surface area contributed by atoms with Gasteiger partial charge in [-0.15, -0.1) is 0 Å². The van der Waals surface area contributed by atoms with Crippen LogP contribution in [0.5, 0.6) is 0 Å². The molecule has 3 N–H and O–H groups in total. The monoisotopic (exact) mass is 889 g/mol. The number of amides is 5. The summed E-state index contributed by atoms with van der Waals surface area (Å²) in [4.78, 5) is 83.7. The molecule has 0 radical (unpaired) electrons. The number of nitrogens with zero attached hydrogens (tertiary/aromatic N) is 8. The van der Waals surface area contributed by atoms with E-state index in [0.29, 0.717) is 59.4 Å². The first-order valence-electron chi connectivity index (χ1n) is 21.6. The number of piperazine rings is 1. The Bertz CT molecular complexity index is 2530. The Kier molecular flexibility index (Phi) is 13.1. The minimum absolute atomic E-state index is 0.0538. The van der Waals surface area contributed by atoms with Gasteiger partial charge in [-0.05, 0) is 106 Å². The summed E-state index contributed by atoms with van der Waals surface area (Å²) in [5.74, 6) is -1.84. The molecule has 8 rings (SSSR count). The minimum Gasteiger partial charge on any atom is -0.369 e. The van der Waals surface area contributed by atoms with E-state index in [2.05, 4.69) is 58.6 Å². The van der Waals surface area contributed by atoms with E-state index in [9.17, 15) is 29.2 Å². The van der Waals surface area contributed by atoms with E-state index in [-0.39, 0.29) is 36.3 Å². The van der Waals surface area contributed by atoms with Crippen LogP contribution in [0.3, 0.4) is 0 Å². The van der Waals surface area contributed by atoms with Crippen molar-refractivity contribution in [1.82, 2.24) is 35.4 Å². The number of hydrogen-bond acceptors (Lipinski definition) is 13. The smallest absolute Gasteiger partial charge is 0.261 e. The van der Waals surface area contributed by atoms with Gasteiger partial charge in [-0.1, -0.05) is 17.7 Å². The van der Waals surface area contributed by atoms with Crippen LogP contribution in [-0.2, 0) is 27.3 Å². The molecule has 18 heteroatoms. The number of nitriles is 1. The van der Waals surface area contributed by atoms with Crippen molar-refractivity contribution in [2.24, 2.45) is 5.92 Å². The molecular formula is C46H49ClFN11O5. The maximum absolute atomic E-state index is 15.4. The highest BCUT2D eigenvalue weighted by Crippen LogP contribution is 2.32. The second-order valence-corrected chi connectivity index (χ2v) is 17.4. The number of imide groups is 2. The molecule has 5 amide bonds. The Morgan fingerprint density at radius 2 is 1.77 bits per heavy atom. The number of benzene rings is 2. The van der Waals surface area contributed by atoms with Gasteiger partial charge in [0, 0.05) is 73.7 Å². The number of halogens is 2. The summed E-state index contributed by atoms with van der Waals surface area (Å²) >= 11 is 6.28. The van der Waals surface area contributed by atoms with Gasteiger partial charge in [0.25, 0.3) is 11.8 Å². The summed E-state index contributed by atoms with van der Waals surface area (Å²) < 4.78 is 15.4. The van der Waals surface area contributed by atoms with E-state index in [1.807, 2.05) is 18.2 Å². The van der Waals surface area contributed by atoms with Crippen LogP contribution in [0, 0.1) is 30.1 Å². The Morgan fingerprint density at radius 3 is 2.48 bits per heavy atom. The largest absolute Gasteiger partial charge is 0.369 e. The number of fused-ring (bicyclic) bond motifs is 1. The van der Waals surface area contributed by atoms with Gasteiger partial charge in [0.2, 0.25) is 24.2 Å². The van der Waals surface area contributed by atoms with Crippen LogP contribution in [0.15, 0.2) is 54.9 Å². The molecule has 0 spiro atoms. The molecule has 2 aromatic carbocycles. The summed E-state index contributed by atoms with van der Waals surface area (Å²) in [5, 5.41) is 18.0. The van der Waals surface area contributed by atoms with Crippen molar-refractivity contribution in [3.8, 4) is 6.07 Å². The van der Waals surface area contributed by atoms with Gasteiger partial charge in [0.1, 0.15) is 30.1 Å². The third kappa shape index (κ3) is 9.53. The number of carbonyl (C=O) groups is 5. The van der Waals surface area contributed by atoms with Crippen molar-refractivity contribution in [2.75, 3.05) is 47.8 Å². The zero-order valence-electron chi connectivity index (χ0n) is 35.7. The molecule has 64 heavy (non-hydrogen) atoms. The number of nitrogens with one attached hydrogen (secondary N) is 3. The van der Waals surface area contributed by atoms with Crippen LogP contribution in [0.1, 0.15) is 88.5 Å². The number of piperidine rings is 1. The molecule has 4 aliphatic rings. The highest BCUT2D eigenvalue weighted by Gasteiger charge is 2.36. The van der Waals surface area contributed by atoms with Crippen LogP contribution < -0.4 is 25.8 Å². The number of rotatable bonds is 11. The normalized spacial score (nSPS) is 21.3. The van der Waals surface area contributed by atoms with Gasteiger partial charge < -0.3 is 20.4 Å². The molecule has 332 valence electrons. The van der Waals surface area contributed by atoms with Crippen molar-refractivity contribution in [1.29, 1.82) is 5.26 Å². The Labute approximate surface area is 375 Å². The van der Waals surface area contributed by atoms with E-state index in [1.165, 1.54) is 12.4 Å². The lowest BCUT2D eigenvalue weighted by molar-refractivity contribution is -0.139. The fourth-order valence-electron chi connectivity index (χ4n) is 9.24. The quantitative estimate of drug-likeness (QED) is 0.103. The molecule has 0 bridgehead atoms. The van der Waals surface area contributed by atoms with Crippen molar-refractivity contribution in [3.05, 3.63) is 99.3 Å². The summed E-state index contributed by atoms with van der Waals surface area (Å²) in [6.45, 7) is 8.33. The third-order valence-corrected chi connectivity index (χ3v) is 13.2. The van der Waals surface area contributed by atoms with E-state index < -0.39 is 35.6 Å². The summed E-state index contributed by atoms with van der Waals surface area (Å²) in [7, 11) is 0. The summed E-state index contributed by atoms with van der Waals surface area (Å²) in [5.41, 5.74) is 4.73. The van der Waals surface area contributed by atoms with Gasteiger partial charge in [0.05, 0.1) is 28.4 Å². The van der Waals surface area contributed by atoms with Crippen LogP contribution >= 0.6 is 11.6 Å². The first-order valence-corrected chi connectivity index (χ1v) is 22.0. The lowest BCUT2D eigenvalue weighted by atomic mass is 9.85. The van der Waals surface area contributed by atoms with Crippen molar-refractivity contribution < 1.29 is 28.4 Å². The first-order chi connectivity index (χ1) is 30.9. The van der Waals surface area contributed by atoms with Crippen molar-refractivity contribution in [2.45, 2.75) is 83.5 Å². The summed E-state index contributed by atoms with van der Waals surface area (Å²) in [6.07, 6.45) is 5.98. The number of aromatic nitrogens is 3. The fraction of sp³-hybridized carbons (Fsp3) is 0.413. The van der Waals surface area contributed by atoms with Crippen LogP contribution in [-0.4, -0.2) is 106 Å². The summed E-state index contributed by atoms with van der Waals surface area (Å²) in [6, 6.07) is 15.1. The van der Waals surface area contributed by atoms with Crippen molar-refractivity contribution >= 4 is 64.7 Å². The molecule has 3 aliphatic heterocycles. The minimum atomic E-state index is -1.04. The SMILES string of the molecule is Cc1ccc(N2CCN(CC3CCC(NC(=O)c4ccc(Nc5ncnc6c5CCN(c5ccc(C#N)c(Cl)c5)C6)nc4F)CC3)[C@@H](C)C2)cc1C(=O)N(C=O)C1CCC(=O)NC1=O. The molecule has 3 fully saturated rings. The van der Waals surface area contributed by atoms with E-state index in [4.69, 9.17) is 11.6 Å². The second kappa shape index (κ2) is 19.1. The van der Waals surface area contributed by atoms with E-state index in [0.717, 1.165) is 79.4 Å². The van der Waals surface area contributed by atoms with E-state index >= 15 is 4.39 Å². The first kappa shape index (κ1) is 44.1. The third-order valence-electron chi connectivity index (χ3n) is 12.9. The topological polar surface area (TPSA) is 197 Å². The van der Waals surface area contributed by atoms with Crippen LogP contribution in [0.25, 0.3) is 0 Å². The molecule has 1 aliphatic carbocycles. The average Bonchev–Trinajstić information content (AvgIpc) is 3.28. The van der Waals surface area contributed by atoms with Gasteiger partial charge in [0.15, 0.2) is 0 Å².